The average Bonchev–Trinajstić information content (AvgIpc) is 2.06. The number of rotatable bonds is 2. The molecular weight excluding hydrogens is 245 g/mol. The van der Waals surface area contributed by atoms with E-state index in [1.807, 2.05) is 0 Å². The van der Waals surface area contributed by atoms with Crippen molar-refractivity contribution in [3.05, 3.63) is 33.4 Å². The van der Waals surface area contributed by atoms with Crippen molar-refractivity contribution < 1.29 is 47.5 Å². The summed E-state index contributed by atoms with van der Waals surface area (Å²) >= 11 is 0. The fourth-order valence-electron chi connectivity index (χ4n) is 1.18. The Hall–Kier alpha value is -0.470. The first-order valence-corrected chi connectivity index (χ1v) is 5.40. The van der Waals surface area contributed by atoms with Gasteiger partial charge in [0.15, 0.2) is 0 Å². The summed E-state index contributed by atoms with van der Waals surface area (Å²) in [6.45, 7) is 3.01. The molecule has 0 saturated carbocycles. The van der Waals surface area contributed by atoms with E-state index in [0.29, 0.717) is 11.1 Å². The van der Waals surface area contributed by atoms with Crippen LogP contribution in [0.15, 0.2) is 17.0 Å². The minimum absolute atomic E-state index is 0. The zero-order valence-electron chi connectivity index (χ0n) is 9.09. The van der Waals surface area contributed by atoms with E-state index in [9.17, 15) is 18.5 Å². The van der Waals surface area contributed by atoms with E-state index < -0.39 is 19.9 Å². The molecule has 8 heteroatoms. The van der Waals surface area contributed by atoms with Gasteiger partial charge in [-0.3, -0.25) is 14.7 Å². The molecule has 0 unspecified atom stereocenters. The van der Waals surface area contributed by atoms with Crippen LogP contribution in [0.3, 0.4) is 0 Å². The maximum atomic E-state index is 10.9. The Balaban J connectivity index is 0.00000225. The van der Waals surface area contributed by atoms with Crippen LogP contribution < -0.4 is 29.6 Å². The Labute approximate surface area is 115 Å². The minimum Gasteiger partial charge on any atom is -0.282 e. The number of aryl methyl sites for hydroxylation is 1. The van der Waals surface area contributed by atoms with Crippen molar-refractivity contribution in [2.45, 2.75) is 18.7 Å². The predicted octanol–water partition coefficient (Wildman–Crippen LogP) is -1.54. The van der Waals surface area contributed by atoms with E-state index in [1.54, 1.807) is 0 Å². The predicted molar refractivity (Wildman–Crippen MR) is 52.4 cm³/mol. The summed E-state index contributed by atoms with van der Waals surface area (Å²) in [5.74, 6) is 0. The molecule has 6 nitrogen and oxygen atoms in total. The number of benzene rings is 1. The summed E-state index contributed by atoms with van der Waals surface area (Å²) in [5.41, 5.74) is 0.394. The summed E-state index contributed by atoms with van der Waals surface area (Å²) in [4.78, 5) is 9.34. The monoisotopic (exact) mass is 254 g/mol. The van der Waals surface area contributed by atoms with Crippen LogP contribution in [0.25, 0.3) is 0 Å². The Bertz CT molecular complexity index is 525. The Kier molecular flexibility index (Phi) is 5.09. The maximum Gasteiger partial charge on any atom is 1.00 e. The molecule has 1 rings (SSSR count). The van der Waals surface area contributed by atoms with E-state index >= 15 is 0 Å². The standard InChI is InChI=1S/C8H9NO5S.Na/c1-5-3-7(9(10)11)4-8(6(5)2)15(12,13)14;/h3-4H,1-2H3,(H,12,13,14);/q;+1. The molecule has 0 amide bonds. The van der Waals surface area contributed by atoms with Crippen LogP contribution in [0, 0.1) is 24.0 Å². The number of nitro groups is 1. The Morgan fingerprint density at radius 2 is 1.81 bits per heavy atom. The molecule has 82 valence electrons. The number of nitro benzene ring substituents is 1. The van der Waals surface area contributed by atoms with E-state index in [1.165, 1.54) is 19.9 Å². The van der Waals surface area contributed by atoms with E-state index in [0.717, 1.165) is 6.07 Å². The fraction of sp³-hybridized carbons (Fsp3) is 0.250. The van der Waals surface area contributed by atoms with Gasteiger partial charge < -0.3 is 0 Å². The molecule has 0 aliphatic rings. The molecule has 0 heterocycles. The second-order valence-electron chi connectivity index (χ2n) is 3.12. The van der Waals surface area contributed by atoms with Crippen molar-refractivity contribution in [2.24, 2.45) is 0 Å². The second-order valence-corrected chi connectivity index (χ2v) is 4.51. The summed E-state index contributed by atoms with van der Waals surface area (Å²) in [5, 5.41) is 10.5. The summed E-state index contributed by atoms with van der Waals surface area (Å²) in [7, 11) is -4.42. The molecular formula is C8H9NNaO5S+. The molecule has 0 atom stereocenters. The zero-order chi connectivity index (χ0) is 11.8. The molecule has 1 aromatic carbocycles. The third kappa shape index (κ3) is 3.26. The quantitative estimate of drug-likeness (QED) is 0.298. The van der Waals surface area contributed by atoms with Gasteiger partial charge in [-0.25, -0.2) is 0 Å². The average molecular weight is 254 g/mol. The molecule has 0 saturated heterocycles. The maximum absolute atomic E-state index is 10.9. The van der Waals surface area contributed by atoms with Gasteiger partial charge in [-0.05, 0) is 25.0 Å². The van der Waals surface area contributed by atoms with Crippen LogP contribution in [0.2, 0.25) is 0 Å². The van der Waals surface area contributed by atoms with Gasteiger partial charge in [0.05, 0.1) is 4.92 Å². The first kappa shape index (κ1) is 15.5. The molecule has 0 bridgehead atoms. The van der Waals surface area contributed by atoms with Crippen molar-refractivity contribution in [1.29, 1.82) is 0 Å². The first-order valence-electron chi connectivity index (χ1n) is 3.96. The van der Waals surface area contributed by atoms with E-state index in [2.05, 4.69) is 0 Å². The van der Waals surface area contributed by atoms with E-state index in [-0.39, 0.29) is 35.2 Å². The molecule has 1 N–H and O–H groups in total. The molecule has 0 aromatic heterocycles. The molecule has 0 fully saturated rings. The number of nitrogens with zero attached hydrogens (tertiary/aromatic N) is 1. The van der Waals surface area contributed by atoms with Gasteiger partial charge in [0, 0.05) is 12.1 Å². The van der Waals surface area contributed by atoms with E-state index in [4.69, 9.17) is 4.55 Å². The molecule has 16 heavy (non-hydrogen) atoms. The fourth-order valence-corrected chi connectivity index (χ4v) is 2.00. The topological polar surface area (TPSA) is 97.5 Å². The van der Waals surface area contributed by atoms with Crippen molar-refractivity contribution in [3.63, 3.8) is 0 Å². The van der Waals surface area contributed by atoms with Crippen LogP contribution in [0.5, 0.6) is 0 Å². The van der Waals surface area contributed by atoms with Crippen LogP contribution in [-0.2, 0) is 10.1 Å². The molecule has 0 aliphatic heterocycles. The minimum atomic E-state index is -4.42. The zero-order valence-corrected chi connectivity index (χ0v) is 11.9. The van der Waals surface area contributed by atoms with Crippen molar-refractivity contribution in [3.8, 4) is 0 Å². The van der Waals surface area contributed by atoms with Gasteiger partial charge in [0.2, 0.25) is 0 Å². The molecule has 1 aromatic rings. The van der Waals surface area contributed by atoms with Gasteiger partial charge in [-0.15, -0.1) is 0 Å². The van der Waals surface area contributed by atoms with Crippen molar-refractivity contribution in [2.75, 3.05) is 0 Å². The van der Waals surface area contributed by atoms with Crippen LogP contribution in [-0.4, -0.2) is 17.9 Å². The second kappa shape index (κ2) is 5.24. The molecule has 0 radical (unpaired) electrons. The normalized spacial score (nSPS) is 10.7. The summed E-state index contributed by atoms with van der Waals surface area (Å²) in [6.07, 6.45) is 0. The number of hydrogen-bond donors (Lipinski definition) is 1. The van der Waals surface area contributed by atoms with Gasteiger partial charge >= 0.3 is 29.6 Å². The number of non-ortho nitro benzene ring substituents is 1. The van der Waals surface area contributed by atoms with Gasteiger partial charge in [0.25, 0.3) is 15.8 Å². The van der Waals surface area contributed by atoms with Crippen molar-refractivity contribution in [1.82, 2.24) is 0 Å². The summed E-state index contributed by atoms with van der Waals surface area (Å²) < 4.78 is 30.7. The molecule has 0 spiro atoms. The first-order chi connectivity index (χ1) is 6.73. The number of hydrogen-bond acceptors (Lipinski definition) is 4. The molecule has 0 aliphatic carbocycles. The Morgan fingerprint density at radius 3 is 2.19 bits per heavy atom. The third-order valence-electron chi connectivity index (χ3n) is 2.09. The van der Waals surface area contributed by atoms with Crippen LogP contribution >= 0.6 is 0 Å². The van der Waals surface area contributed by atoms with Gasteiger partial charge in [-0.1, -0.05) is 0 Å². The Morgan fingerprint density at radius 1 is 1.31 bits per heavy atom. The van der Waals surface area contributed by atoms with Crippen molar-refractivity contribution >= 4 is 15.8 Å². The largest absolute Gasteiger partial charge is 1.00 e. The summed E-state index contributed by atoms with van der Waals surface area (Å²) in [6, 6.07) is 2.10. The van der Waals surface area contributed by atoms with Crippen LogP contribution in [0.4, 0.5) is 5.69 Å². The van der Waals surface area contributed by atoms with Crippen LogP contribution in [0.1, 0.15) is 11.1 Å². The third-order valence-corrected chi connectivity index (χ3v) is 3.07. The SMILES string of the molecule is Cc1cc([N+](=O)[O-])cc(S(=O)(=O)O)c1C.[Na+]. The smallest absolute Gasteiger partial charge is 0.282 e. The van der Waals surface area contributed by atoms with Gasteiger partial charge in [-0.2, -0.15) is 8.42 Å². The van der Waals surface area contributed by atoms with Gasteiger partial charge in [0.1, 0.15) is 4.90 Å².